The number of anilines is 2. The largest absolute Gasteiger partial charge is 0.416 e. The zero-order valence-electron chi connectivity index (χ0n) is 13.9. The molecule has 1 saturated heterocycles. The van der Waals surface area contributed by atoms with E-state index in [4.69, 9.17) is 0 Å². The van der Waals surface area contributed by atoms with Crippen LogP contribution in [-0.2, 0) is 6.18 Å². The maximum absolute atomic E-state index is 13.1. The first kappa shape index (κ1) is 18.0. The van der Waals surface area contributed by atoms with E-state index in [2.05, 4.69) is 10.3 Å². The molecule has 2 heterocycles. The summed E-state index contributed by atoms with van der Waals surface area (Å²) in [6, 6.07) is 5.89. The van der Waals surface area contributed by atoms with E-state index >= 15 is 0 Å². The Morgan fingerprint density at radius 2 is 1.81 bits per heavy atom. The van der Waals surface area contributed by atoms with Crippen molar-refractivity contribution >= 4 is 17.3 Å². The zero-order valence-corrected chi connectivity index (χ0v) is 13.9. The summed E-state index contributed by atoms with van der Waals surface area (Å²) in [6.45, 7) is 1.46. The van der Waals surface area contributed by atoms with Crippen LogP contribution in [0.4, 0.5) is 24.5 Å². The molecule has 0 atom stereocenters. The standard InChI is InChI=1S/C18H18F3N3O2/c19-18(20,21)13-5-6-15(24-8-2-1-3-9-24)14(10-13)23-17(26)12-4-7-16(25)22-11-12/h4-7,10-11H,1-3,8-9H2,(H,22,25)(H,23,26). The van der Waals surface area contributed by atoms with E-state index in [1.165, 1.54) is 24.4 Å². The first-order valence-electron chi connectivity index (χ1n) is 8.31. The van der Waals surface area contributed by atoms with Gasteiger partial charge in [0.2, 0.25) is 5.56 Å². The summed E-state index contributed by atoms with van der Waals surface area (Å²) in [5.74, 6) is -0.584. The van der Waals surface area contributed by atoms with E-state index in [1.807, 2.05) is 4.90 Å². The highest BCUT2D eigenvalue weighted by atomic mass is 19.4. The van der Waals surface area contributed by atoms with E-state index < -0.39 is 17.6 Å². The van der Waals surface area contributed by atoms with Crippen molar-refractivity contribution in [3.63, 3.8) is 0 Å². The molecule has 1 fully saturated rings. The predicted octanol–water partition coefficient (Wildman–Crippen LogP) is 3.64. The number of alkyl halides is 3. The Bertz CT molecular complexity index is 835. The third-order valence-electron chi connectivity index (χ3n) is 4.32. The van der Waals surface area contributed by atoms with Crippen LogP contribution in [0.15, 0.2) is 41.3 Å². The molecule has 8 heteroatoms. The Morgan fingerprint density at radius 3 is 2.42 bits per heavy atom. The molecule has 3 rings (SSSR count). The molecule has 0 radical (unpaired) electrons. The second-order valence-electron chi connectivity index (χ2n) is 6.17. The lowest BCUT2D eigenvalue weighted by Gasteiger charge is -2.31. The number of carbonyl (C=O) groups is 1. The molecule has 26 heavy (non-hydrogen) atoms. The summed E-state index contributed by atoms with van der Waals surface area (Å²) >= 11 is 0. The van der Waals surface area contributed by atoms with Gasteiger partial charge in [-0.05, 0) is 43.5 Å². The molecular weight excluding hydrogens is 347 g/mol. The van der Waals surface area contributed by atoms with Gasteiger partial charge < -0.3 is 15.2 Å². The fraction of sp³-hybridized carbons (Fsp3) is 0.333. The molecule has 1 aliphatic heterocycles. The number of hydrogen-bond donors (Lipinski definition) is 2. The fourth-order valence-electron chi connectivity index (χ4n) is 2.97. The maximum Gasteiger partial charge on any atom is 0.416 e. The Hall–Kier alpha value is -2.77. The van der Waals surface area contributed by atoms with E-state index in [9.17, 15) is 22.8 Å². The third kappa shape index (κ3) is 4.07. The Kier molecular flexibility index (Phi) is 5.01. The van der Waals surface area contributed by atoms with Gasteiger partial charge in [0.05, 0.1) is 22.5 Å². The van der Waals surface area contributed by atoms with Crippen molar-refractivity contribution in [1.82, 2.24) is 4.98 Å². The van der Waals surface area contributed by atoms with Crippen LogP contribution in [0.1, 0.15) is 35.2 Å². The average molecular weight is 365 g/mol. The number of hydrogen-bond acceptors (Lipinski definition) is 3. The normalized spacial score (nSPS) is 15.0. The molecular formula is C18H18F3N3O2. The average Bonchev–Trinajstić information content (AvgIpc) is 2.62. The van der Waals surface area contributed by atoms with Gasteiger partial charge in [0.15, 0.2) is 0 Å². The number of amides is 1. The van der Waals surface area contributed by atoms with Crippen molar-refractivity contribution in [1.29, 1.82) is 0 Å². The number of aromatic amines is 1. The molecule has 0 spiro atoms. The van der Waals surface area contributed by atoms with Crippen LogP contribution in [0, 0.1) is 0 Å². The van der Waals surface area contributed by atoms with Crippen molar-refractivity contribution < 1.29 is 18.0 Å². The van der Waals surface area contributed by atoms with Gasteiger partial charge in [0.25, 0.3) is 5.91 Å². The van der Waals surface area contributed by atoms with Gasteiger partial charge in [-0.15, -0.1) is 0 Å². The number of halogens is 3. The summed E-state index contributed by atoms with van der Waals surface area (Å²) in [5.41, 5.74) is -0.357. The minimum Gasteiger partial charge on any atom is -0.370 e. The Morgan fingerprint density at radius 1 is 1.08 bits per heavy atom. The summed E-state index contributed by atoms with van der Waals surface area (Å²) in [7, 11) is 0. The summed E-state index contributed by atoms with van der Waals surface area (Å²) in [5, 5.41) is 2.55. The fourth-order valence-corrected chi connectivity index (χ4v) is 2.97. The molecule has 1 aliphatic rings. The number of carbonyl (C=O) groups excluding carboxylic acids is 1. The number of rotatable bonds is 3. The van der Waals surface area contributed by atoms with Crippen molar-refractivity contribution in [3.8, 4) is 0 Å². The molecule has 1 aromatic heterocycles. The first-order valence-corrected chi connectivity index (χ1v) is 8.31. The van der Waals surface area contributed by atoms with Crippen LogP contribution in [0.2, 0.25) is 0 Å². The predicted molar refractivity (Wildman–Crippen MR) is 92.5 cm³/mol. The summed E-state index contributed by atoms with van der Waals surface area (Å²) < 4.78 is 39.2. The SMILES string of the molecule is O=C(Nc1cc(C(F)(F)F)ccc1N1CCCCC1)c1ccc(=O)[nH]c1. The van der Waals surface area contributed by atoms with Crippen molar-refractivity contribution in [2.75, 3.05) is 23.3 Å². The minimum atomic E-state index is -4.50. The zero-order chi connectivity index (χ0) is 18.7. The van der Waals surface area contributed by atoms with Crippen molar-refractivity contribution in [3.05, 3.63) is 58.0 Å². The second-order valence-corrected chi connectivity index (χ2v) is 6.17. The highest BCUT2D eigenvalue weighted by molar-refractivity contribution is 6.05. The lowest BCUT2D eigenvalue weighted by Crippen LogP contribution is -2.30. The van der Waals surface area contributed by atoms with Crippen LogP contribution in [0.3, 0.4) is 0 Å². The molecule has 2 aromatic rings. The van der Waals surface area contributed by atoms with Gasteiger partial charge in [-0.3, -0.25) is 9.59 Å². The van der Waals surface area contributed by atoms with Gasteiger partial charge in [0.1, 0.15) is 0 Å². The number of nitrogens with one attached hydrogen (secondary N) is 2. The van der Waals surface area contributed by atoms with E-state index in [-0.39, 0.29) is 16.8 Å². The smallest absolute Gasteiger partial charge is 0.370 e. The van der Waals surface area contributed by atoms with Gasteiger partial charge in [-0.1, -0.05) is 0 Å². The van der Waals surface area contributed by atoms with E-state index in [0.717, 1.165) is 44.5 Å². The highest BCUT2D eigenvalue weighted by Gasteiger charge is 2.32. The number of H-pyrrole nitrogens is 1. The molecule has 5 nitrogen and oxygen atoms in total. The van der Waals surface area contributed by atoms with Crippen molar-refractivity contribution in [2.45, 2.75) is 25.4 Å². The van der Waals surface area contributed by atoms with Gasteiger partial charge >= 0.3 is 6.18 Å². The molecule has 138 valence electrons. The van der Waals surface area contributed by atoms with Crippen LogP contribution in [0.25, 0.3) is 0 Å². The monoisotopic (exact) mass is 365 g/mol. The Balaban J connectivity index is 1.94. The van der Waals surface area contributed by atoms with Gasteiger partial charge in [-0.2, -0.15) is 13.2 Å². The lowest BCUT2D eigenvalue weighted by molar-refractivity contribution is -0.137. The molecule has 0 aliphatic carbocycles. The lowest BCUT2D eigenvalue weighted by atomic mass is 10.1. The van der Waals surface area contributed by atoms with E-state index in [1.54, 1.807) is 0 Å². The van der Waals surface area contributed by atoms with Crippen LogP contribution >= 0.6 is 0 Å². The molecule has 0 saturated carbocycles. The molecule has 0 bridgehead atoms. The Labute approximate surface area is 147 Å². The number of nitrogens with zero attached hydrogens (tertiary/aromatic N) is 1. The first-order chi connectivity index (χ1) is 12.3. The van der Waals surface area contributed by atoms with Crippen molar-refractivity contribution in [2.24, 2.45) is 0 Å². The molecule has 1 amide bonds. The van der Waals surface area contributed by atoms with Gasteiger partial charge in [-0.25, -0.2) is 0 Å². The van der Waals surface area contributed by atoms with Gasteiger partial charge in [0, 0.05) is 25.4 Å². The molecule has 1 aromatic carbocycles. The van der Waals surface area contributed by atoms with Crippen LogP contribution < -0.4 is 15.8 Å². The topological polar surface area (TPSA) is 65.2 Å². The van der Waals surface area contributed by atoms with E-state index in [0.29, 0.717) is 5.69 Å². The molecule has 2 N–H and O–H groups in total. The quantitative estimate of drug-likeness (QED) is 0.873. The van der Waals surface area contributed by atoms with Crippen LogP contribution in [0.5, 0.6) is 0 Å². The third-order valence-corrected chi connectivity index (χ3v) is 4.32. The van der Waals surface area contributed by atoms with Crippen LogP contribution in [-0.4, -0.2) is 24.0 Å². The number of piperidine rings is 1. The molecule has 0 unspecified atom stereocenters. The highest BCUT2D eigenvalue weighted by Crippen LogP contribution is 2.36. The maximum atomic E-state index is 13.1. The number of aromatic nitrogens is 1. The number of benzene rings is 1. The summed E-state index contributed by atoms with van der Waals surface area (Å²) in [6.07, 6.45) is -0.289. The second kappa shape index (κ2) is 7.23. The minimum absolute atomic E-state index is 0.109. The summed E-state index contributed by atoms with van der Waals surface area (Å²) in [4.78, 5) is 27.8. The number of pyridine rings is 1.